The zero-order valence-corrected chi connectivity index (χ0v) is 16.3. The molecule has 5 nitrogen and oxygen atoms in total. The average molecular weight is 422 g/mol. The molecule has 0 aliphatic rings. The number of anilines is 1. The average Bonchev–Trinajstić information content (AvgIpc) is 3.36. The molecule has 142 valence electrons. The van der Waals surface area contributed by atoms with Crippen LogP contribution in [0.3, 0.4) is 0 Å². The minimum atomic E-state index is -0.522. The number of fused-ring (bicyclic) bond motifs is 2. The topological polar surface area (TPSA) is 72.5 Å². The van der Waals surface area contributed by atoms with Gasteiger partial charge in [0.05, 0.1) is 10.6 Å². The Balaban J connectivity index is 1.78. The molecule has 0 aliphatic carbocycles. The standard InChI is InChI=1S/C22H12ClNO4S/c23-12-7-8-17-14(10-12)15(11-19(25)27-17)21-20(13-4-1-2-5-16(13)28-21)24-22(26)18-6-3-9-29-18/h1-11H,(H,24,26). The molecule has 5 aromatic rings. The smallest absolute Gasteiger partial charge is 0.336 e. The van der Waals surface area contributed by atoms with E-state index in [0.717, 1.165) is 5.39 Å². The summed E-state index contributed by atoms with van der Waals surface area (Å²) in [4.78, 5) is 25.5. The number of rotatable bonds is 3. The van der Waals surface area contributed by atoms with Crippen molar-refractivity contribution < 1.29 is 13.6 Å². The van der Waals surface area contributed by atoms with E-state index in [-0.39, 0.29) is 5.91 Å². The zero-order chi connectivity index (χ0) is 20.0. The summed E-state index contributed by atoms with van der Waals surface area (Å²) in [6, 6.07) is 17.2. The van der Waals surface area contributed by atoms with Gasteiger partial charge in [0, 0.05) is 27.4 Å². The van der Waals surface area contributed by atoms with Crippen LogP contribution >= 0.6 is 22.9 Å². The summed E-state index contributed by atoms with van der Waals surface area (Å²) in [6.45, 7) is 0. The first-order chi connectivity index (χ1) is 14.1. The number of furan rings is 1. The van der Waals surface area contributed by atoms with E-state index in [4.69, 9.17) is 20.4 Å². The second-order valence-corrected chi connectivity index (χ2v) is 7.74. The SMILES string of the molecule is O=C(Nc1c(-c2cc(=O)oc3ccc(Cl)cc23)oc2ccccc12)c1cccs1. The van der Waals surface area contributed by atoms with Crippen molar-refractivity contribution in [1.82, 2.24) is 0 Å². The number of carbonyl (C=O) groups is 1. The van der Waals surface area contributed by atoms with Gasteiger partial charge in [0.1, 0.15) is 11.2 Å². The third-order valence-electron chi connectivity index (χ3n) is 4.53. The first-order valence-corrected chi connectivity index (χ1v) is 9.96. The summed E-state index contributed by atoms with van der Waals surface area (Å²) in [7, 11) is 0. The van der Waals surface area contributed by atoms with Crippen molar-refractivity contribution in [3.05, 3.63) is 86.4 Å². The first kappa shape index (κ1) is 17.7. The normalized spacial score (nSPS) is 11.2. The molecule has 29 heavy (non-hydrogen) atoms. The maximum Gasteiger partial charge on any atom is 0.336 e. The van der Waals surface area contributed by atoms with Crippen molar-refractivity contribution in [2.75, 3.05) is 5.32 Å². The molecule has 0 radical (unpaired) electrons. The third-order valence-corrected chi connectivity index (χ3v) is 5.63. The number of nitrogens with one attached hydrogen (secondary N) is 1. The van der Waals surface area contributed by atoms with Crippen LogP contribution in [-0.2, 0) is 0 Å². The van der Waals surface area contributed by atoms with Crippen LogP contribution in [0.15, 0.2) is 79.7 Å². The van der Waals surface area contributed by atoms with E-state index in [2.05, 4.69) is 5.32 Å². The Bertz CT molecular complexity index is 1430. The van der Waals surface area contributed by atoms with Gasteiger partial charge in [-0.05, 0) is 41.8 Å². The molecular formula is C22H12ClNO4S. The van der Waals surface area contributed by atoms with E-state index in [0.29, 0.717) is 43.5 Å². The molecule has 0 saturated heterocycles. The largest absolute Gasteiger partial charge is 0.454 e. The molecule has 2 aromatic carbocycles. The Kier molecular flexibility index (Phi) is 4.23. The molecule has 0 saturated carbocycles. The number of para-hydroxylation sites is 1. The lowest BCUT2D eigenvalue weighted by atomic mass is 10.1. The van der Waals surface area contributed by atoms with Crippen molar-refractivity contribution in [3.8, 4) is 11.3 Å². The molecule has 0 aliphatic heterocycles. The first-order valence-electron chi connectivity index (χ1n) is 8.70. The number of carbonyl (C=O) groups excluding carboxylic acids is 1. The van der Waals surface area contributed by atoms with E-state index in [1.807, 2.05) is 29.6 Å². The quantitative estimate of drug-likeness (QED) is 0.353. The molecule has 0 fully saturated rings. The van der Waals surface area contributed by atoms with Crippen LogP contribution in [-0.4, -0.2) is 5.91 Å². The molecule has 0 spiro atoms. The van der Waals surface area contributed by atoms with Crippen LogP contribution < -0.4 is 10.9 Å². The Labute approximate surface area is 173 Å². The summed E-state index contributed by atoms with van der Waals surface area (Å²) < 4.78 is 11.4. The van der Waals surface area contributed by atoms with Crippen molar-refractivity contribution in [1.29, 1.82) is 0 Å². The van der Waals surface area contributed by atoms with Crippen molar-refractivity contribution in [2.45, 2.75) is 0 Å². The fourth-order valence-corrected chi connectivity index (χ4v) is 4.06. The lowest BCUT2D eigenvalue weighted by Crippen LogP contribution is -2.10. The minimum Gasteiger partial charge on any atom is -0.454 e. The summed E-state index contributed by atoms with van der Waals surface area (Å²) in [5.74, 6) is 0.120. The fourth-order valence-electron chi connectivity index (χ4n) is 3.27. The molecule has 1 amide bonds. The second kappa shape index (κ2) is 6.92. The molecule has 1 N–H and O–H groups in total. The monoisotopic (exact) mass is 421 g/mol. The molecule has 0 bridgehead atoms. The molecule has 0 atom stereocenters. The molecule has 3 heterocycles. The molecule has 5 rings (SSSR count). The van der Waals surface area contributed by atoms with E-state index >= 15 is 0 Å². The zero-order valence-electron chi connectivity index (χ0n) is 14.8. The molecule has 0 unspecified atom stereocenters. The van der Waals surface area contributed by atoms with E-state index < -0.39 is 5.63 Å². The highest BCUT2D eigenvalue weighted by Crippen LogP contribution is 2.41. The van der Waals surface area contributed by atoms with E-state index in [9.17, 15) is 9.59 Å². The number of hydrogen-bond acceptors (Lipinski definition) is 5. The molecule has 7 heteroatoms. The number of amides is 1. The van der Waals surface area contributed by atoms with Gasteiger partial charge in [-0.15, -0.1) is 11.3 Å². The summed E-state index contributed by atoms with van der Waals surface area (Å²) >= 11 is 7.51. The Morgan fingerprint density at radius 3 is 2.59 bits per heavy atom. The van der Waals surface area contributed by atoms with Gasteiger partial charge >= 0.3 is 5.63 Å². The van der Waals surface area contributed by atoms with Gasteiger partial charge in [0.15, 0.2) is 5.76 Å². The highest BCUT2D eigenvalue weighted by molar-refractivity contribution is 7.12. The predicted octanol–water partition coefficient (Wildman–Crippen LogP) is 6.17. The molecular weight excluding hydrogens is 410 g/mol. The number of thiophene rings is 1. The Hall–Kier alpha value is -3.35. The van der Waals surface area contributed by atoms with Gasteiger partial charge in [-0.1, -0.05) is 29.8 Å². The number of halogens is 1. The fraction of sp³-hybridized carbons (Fsp3) is 0. The minimum absolute atomic E-state index is 0.252. The van der Waals surface area contributed by atoms with E-state index in [1.54, 1.807) is 30.3 Å². The third kappa shape index (κ3) is 3.12. The van der Waals surface area contributed by atoms with Crippen LogP contribution in [0.2, 0.25) is 5.02 Å². The summed E-state index contributed by atoms with van der Waals surface area (Å²) in [5, 5.41) is 6.62. The number of benzene rings is 2. The van der Waals surface area contributed by atoms with Gasteiger partial charge in [-0.2, -0.15) is 0 Å². The van der Waals surface area contributed by atoms with Crippen LogP contribution in [0, 0.1) is 0 Å². The van der Waals surface area contributed by atoms with Gasteiger partial charge in [0.2, 0.25) is 0 Å². The van der Waals surface area contributed by atoms with Gasteiger partial charge < -0.3 is 14.2 Å². The van der Waals surface area contributed by atoms with Gasteiger partial charge in [-0.25, -0.2) is 4.79 Å². The van der Waals surface area contributed by atoms with Crippen LogP contribution in [0.5, 0.6) is 0 Å². The van der Waals surface area contributed by atoms with Crippen molar-refractivity contribution in [2.24, 2.45) is 0 Å². The highest BCUT2D eigenvalue weighted by atomic mass is 35.5. The predicted molar refractivity (Wildman–Crippen MR) is 115 cm³/mol. The van der Waals surface area contributed by atoms with Crippen LogP contribution in [0.1, 0.15) is 9.67 Å². The van der Waals surface area contributed by atoms with Crippen LogP contribution in [0.25, 0.3) is 33.3 Å². The van der Waals surface area contributed by atoms with Gasteiger partial charge in [-0.3, -0.25) is 4.79 Å². The van der Waals surface area contributed by atoms with E-state index in [1.165, 1.54) is 17.4 Å². The highest BCUT2D eigenvalue weighted by Gasteiger charge is 2.22. The second-order valence-electron chi connectivity index (χ2n) is 6.35. The van der Waals surface area contributed by atoms with Crippen molar-refractivity contribution >= 4 is 56.5 Å². The van der Waals surface area contributed by atoms with Crippen LogP contribution in [0.4, 0.5) is 5.69 Å². The molecule has 3 aromatic heterocycles. The maximum absolute atomic E-state index is 12.7. The van der Waals surface area contributed by atoms with Gasteiger partial charge in [0.25, 0.3) is 5.91 Å². The Morgan fingerprint density at radius 2 is 1.76 bits per heavy atom. The van der Waals surface area contributed by atoms with Crippen molar-refractivity contribution in [3.63, 3.8) is 0 Å². The summed E-state index contributed by atoms with van der Waals surface area (Å²) in [5.41, 5.74) is 1.44. The maximum atomic E-state index is 12.7. The Morgan fingerprint density at radius 1 is 0.931 bits per heavy atom. The number of hydrogen-bond donors (Lipinski definition) is 1. The summed E-state index contributed by atoms with van der Waals surface area (Å²) in [6.07, 6.45) is 0. The lowest BCUT2D eigenvalue weighted by molar-refractivity contribution is 0.103. The lowest BCUT2D eigenvalue weighted by Gasteiger charge is -2.08.